The molecule has 1 aromatic carbocycles. The van der Waals surface area contributed by atoms with Crippen LogP contribution in [0.1, 0.15) is 11.1 Å². The fraction of sp³-hybridized carbons (Fsp3) is 0.421. The highest BCUT2D eigenvalue weighted by molar-refractivity contribution is 5.95. The maximum absolute atomic E-state index is 12.4. The van der Waals surface area contributed by atoms with Gasteiger partial charge in [-0.1, -0.05) is 12.1 Å². The Morgan fingerprint density at radius 1 is 1.15 bits per heavy atom. The minimum atomic E-state index is -0.407. The maximum atomic E-state index is 12.4. The second-order valence-electron chi connectivity index (χ2n) is 7.11. The van der Waals surface area contributed by atoms with Crippen LogP contribution in [0.3, 0.4) is 0 Å². The number of rotatable bonds is 2. The number of aryl methyl sites for hydroxylation is 1. The summed E-state index contributed by atoms with van der Waals surface area (Å²) in [4.78, 5) is 41.5. The molecule has 2 aliphatic rings. The number of nitrogens with zero attached hydrogens (tertiary/aromatic N) is 3. The average Bonchev–Trinajstić information content (AvgIpc) is 2.59. The van der Waals surface area contributed by atoms with Gasteiger partial charge in [0.1, 0.15) is 11.6 Å². The van der Waals surface area contributed by atoms with Crippen molar-refractivity contribution in [3.8, 4) is 0 Å². The average molecular weight is 355 g/mol. The van der Waals surface area contributed by atoms with E-state index in [0.717, 1.165) is 23.1 Å². The van der Waals surface area contributed by atoms with Crippen LogP contribution in [-0.4, -0.2) is 65.8 Å². The largest absolute Gasteiger partial charge is 0.423 e. The third-order valence-electron chi connectivity index (χ3n) is 5.24. The lowest BCUT2D eigenvalue weighted by Gasteiger charge is -2.45. The van der Waals surface area contributed by atoms with Gasteiger partial charge in [-0.15, -0.1) is 0 Å². The molecular weight excluding hydrogens is 334 g/mol. The molecule has 4 rings (SSSR count). The lowest BCUT2D eigenvalue weighted by atomic mass is 10.1. The number of hydrogen-bond donors (Lipinski definition) is 0. The van der Waals surface area contributed by atoms with E-state index in [0.29, 0.717) is 25.2 Å². The fourth-order valence-electron chi connectivity index (χ4n) is 3.84. The molecule has 136 valence electrons. The Hall–Kier alpha value is -2.67. The highest BCUT2D eigenvalue weighted by atomic mass is 16.4. The van der Waals surface area contributed by atoms with Gasteiger partial charge in [-0.2, -0.15) is 0 Å². The highest BCUT2D eigenvalue weighted by Crippen LogP contribution is 2.22. The molecule has 2 amide bonds. The number of fused-ring (bicyclic) bond motifs is 2. The van der Waals surface area contributed by atoms with Crippen LogP contribution in [0.25, 0.3) is 11.0 Å². The Morgan fingerprint density at radius 2 is 1.96 bits per heavy atom. The Bertz CT molecular complexity index is 951. The number of amides is 2. The van der Waals surface area contributed by atoms with Crippen molar-refractivity contribution in [2.24, 2.45) is 0 Å². The van der Waals surface area contributed by atoms with Gasteiger partial charge in [0, 0.05) is 44.7 Å². The van der Waals surface area contributed by atoms with E-state index in [1.54, 1.807) is 11.9 Å². The van der Waals surface area contributed by atoms with Crippen molar-refractivity contribution >= 4 is 22.8 Å². The van der Waals surface area contributed by atoms with Crippen LogP contribution in [-0.2, 0) is 16.1 Å². The summed E-state index contributed by atoms with van der Waals surface area (Å²) in [5, 5.41) is 0.924. The number of benzene rings is 1. The van der Waals surface area contributed by atoms with Crippen LogP contribution in [0.4, 0.5) is 0 Å². The lowest BCUT2D eigenvalue weighted by Crippen LogP contribution is -2.65. The van der Waals surface area contributed by atoms with E-state index in [1.807, 2.05) is 25.1 Å². The molecule has 0 radical (unpaired) electrons. The molecular formula is C19H21N3O4. The van der Waals surface area contributed by atoms with E-state index < -0.39 is 6.04 Å². The van der Waals surface area contributed by atoms with E-state index in [2.05, 4.69) is 4.90 Å². The molecule has 7 heteroatoms. The van der Waals surface area contributed by atoms with Crippen molar-refractivity contribution in [3.05, 3.63) is 45.8 Å². The SMILES string of the molecule is Cc1cc(=O)oc2cc(CN3CCN4C(=O)CN(C)C(=O)C4C3)ccc12. The third kappa shape index (κ3) is 2.88. The van der Waals surface area contributed by atoms with Crippen LogP contribution in [0, 0.1) is 6.92 Å². The second kappa shape index (κ2) is 6.25. The summed E-state index contributed by atoms with van der Waals surface area (Å²) in [5.41, 5.74) is 2.14. The summed E-state index contributed by atoms with van der Waals surface area (Å²) in [6, 6.07) is 6.94. The van der Waals surface area contributed by atoms with Gasteiger partial charge in [0.05, 0.1) is 6.54 Å². The van der Waals surface area contributed by atoms with Crippen LogP contribution in [0.2, 0.25) is 0 Å². The smallest absolute Gasteiger partial charge is 0.336 e. The first-order valence-electron chi connectivity index (χ1n) is 8.72. The first kappa shape index (κ1) is 16.8. The van der Waals surface area contributed by atoms with Crippen molar-refractivity contribution in [1.29, 1.82) is 0 Å². The molecule has 1 unspecified atom stereocenters. The lowest BCUT2D eigenvalue weighted by molar-refractivity contribution is -0.158. The zero-order valence-corrected chi connectivity index (χ0v) is 14.9. The molecule has 7 nitrogen and oxygen atoms in total. The summed E-state index contributed by atoms with van der Waals surface area (Å²) in [6.07, 6.45) is 0. The van der Waals surface area contributed by atoms with Gasteiger partial charge >= 0.3 is 5.63 Å². The quantitative estimate of drug-likeness (QED) is 0.737. The number of carbonyl (C=O) groups is 2. The standard InChI is InChI=1S/C19H21N3O4/c1-12-7-18(24)26-16-8-13(3-4-14(12)16)9-21-5-6-22-15(10-21)19(25)20(2)11-17(22)23/h3-4,7-8,15H,5-6,9-11H2,1-2H3. The Morgan fingerprint density at radius 3 is 2.77 bits per heavy atom. The van der Waals surface area contributed by atoms with Gasteiger partial charge in [-0.25, -0.2) is 4.79 Å². The van der Waals surface area contributed by atoms with E-state index >= 15 is 0 Å². The van der Waals surface area contributed by atoms with Gasteiger partial charge in [0.15, 0.2) is 0 Å². The number of carbonyl (C=O) groups excluding carboxylic acids is 2. The molecule has 1 aromatic heterocycles. The Kier molecular flexibility index (Phi) is 4.03. The van der Waals surface area contributed by atoms with Crippen molar-refractivity contribution in [1.82, 2.24) is 14.7 Å². The summed E-state index contributed by atoms with van der Waals surface area (Å²) < 4.78 is 5.32. The molecule has 2 fully saturated rings. The monoisotopic (exact) mass is 355 g/mol. The predicted molar refractivity (Wildman–Crippen MR) is 95.6 cm³/mol. The van der Waals surface area contributed by atoms with E-state index in [4.69, 9.17) is 4.42 Å². The van der Waals surface area contributed by atoms with Crippen molar-refractivity contribution in [2.75, 3.05) is 33.2 Å². The molecule has 0 aliphatic carbocycles. The van der Waals surface area contributed by atoms with Gasteiger partial charge in [-0.3, -0.25) is 14.5 Å². The molecule has 3 heterocycles. The van der Waals surface area contributed by atoms with Gasteiger partial charge < -0.3 is 14.2 Å². The molecule has 0 N–H and O–H groups in total. The minimum Gasteiger partial charge on any atom is -0.423 e. The number of likely N-dealkylation sites (N-methyl/N-ethyl adjacent to an activating group) is 1. The number of hydrogen-bond acceptors (Lipinski definition) is 5. The van der Waals surface area contributed by atoms with Gasteiger partial charge in [0.2, 0.25) is 11.8 Å². The summed E-state index contributed by atoms with van der Waals surface area (Å²) in [7, 11) is 1.67. The Balaban J connectivity index is 1.55. The highest BCUT2D eigenvalue weighted by Gasteiger charge is 2.41. The second-order valence-corrected chi connectivity index (χ2v) is 7.11. The topological polar surface area (TPSA) is 74.1 Å². The first-order chi connectivity index (χ1) is 12.4. The van der Waals surface area contributed by atoms with Crippen molar-refractivity contribution in [2.45, 2.75) is 19.5 Å². The summed E-state index contributed by atoms with van der Waals surface area (Å²) >= 11 is 0. The molecule has 26 heavy (non-hydrogen) atoms. The van der Waals surface area contributed by atoms with Crippen LogP contribution in [0.5, 0.6) is 0 Å². The zero-order chi connectivity index (χ0) is 18.4. The maximum Gasteiger partial charge on any atom is 0.336 e. The van der Waals surface area contributed by atoms with Crippen LogP contribution in [0.15, 0.2) is 33.5 Å². The molecule has 2 aliphatic heterocycles. The molecule has 1 atom stereocenters. The summed E-state index contributed by atoms with van der Waals surface area (Å²) in [6.45, 7) is 4.49. The van der Waals surface area contributed by atoms with Crippen molar-refractivity contribution < 1.29 is 14.0 Å². The fourth-order valence-corrected chi connectivity index (χ4v) is 3.84. The minimum absolute atomic E-state index is 0.00515. The molecule has 0 spiro atoms. The van der Waals surface area contributed by atoms with E-state index in [-0.39, 0.29) is 24.0 Å². The number of piperazine rings is 2. The van der Waals surface area contributed by atoms with Gasteiger partial charge in [-0.05, 0) is 24.1 Å². The molecule has 0 bridgehead atoms. The van der Waals surface area contributed by atoms with Crippen LogP contribution < -0.4 is 5.63 Å². The van der Waals surface area contributed by atoms with E-state index in [9.17, 15) is 14.4 Å². The predicted octanol–water partition coefficient (Wildman–Crippen LogP) is 0.586. The Labute approximate surface area is 150 Å². The molecule has 0 saturated carbocycles. The van der Waals surface area contributed by atoms with Gasteiger partial charge in [0.25, 0.3) is 0 Å². The van der Waals surface area contributed by atoms with Crippen LogP contribution >= 0.6 is 0 Å². The molecule has 2 aromatic rings. The zero-order valence-electron chi connectivity index (χ0n) is 14.9. The van der Waals surface area contributed by atoms with E-state index in [1.165, 1.54) is 11.0 Å². The first-order valence-corrected chi connectivity index (χ1v) is 8.72. The third-order valence-corrected chi connectivity index (χ3v) is 5.24. The normalized spacial score (nSPS) is 21.4. The molecule has 2 saturated heterocycles. The summed E-state index contributed by atoms with van der Waals surface area (Å²) in [5.74, 6) is 0.00846. The van der Waals surface area contributed by atoms with Crippen molar-refractivity contribution in [3.63, 3.8) is 0 Å².